The number of amides is 1. The van der Waals surface area contributed by atoms with Crippen molar-refractivity contribution < 1.29 is 14.7 Å². The van der Waals surface area contributed by atoms with E-state index in [0.29, 0.717) is 30.1 Å². The Labute approximate surface area is 141 Å². The van der Waals surface area contributed by atoms with Crippen LogP contribution in [-0.4, -0.2) is 28.4 Å². The van der Waals surface area contributed by atoms with Crippen molar-refractivity contribution in [1.82, 2.24) is 4.90 Å². The largest absolute Gasteiger partial charge is 0.481 e. The molecule has 0 spiro atoms. The molecular weight excluding hydrogens is 378 g/mol. The number of hydrogen-bond acceptors (Lipinski definition) is 3. The smallest absolute Gasteiger partial charge is 0.308 e. The first-order valence-electron chi connectivity index (χ1n) is 6.92. The number of likely N-dealkylation sites (tertiary alicyclic amines) is 1. The van der Waals surface area contributed by atoms with Crippen LogP contribution in [0.1, 0.15) is 43.5 Å². The summed E-state index contributed by atoms with van der Waals surface area (Å²) in [4.78, 5) is 26.6. The van der Waals surface area contributed by atoms with Gasteiger partial charge < -0.3 is 10.0 Å². The molecule has 7 heteroatoms. The molecular formula is C14H17BrClNO3S. The molecule has 1 amide bonds. The van der Waals surface area contributed by atoms with E-state index >= 15 is 0 Å². The zero-order valence-corrected chi connectivity index (χ0v) is 14.8. The summed E-state index contributed by atoms with van der Waals surface area (Å²) in [5, 5.41) is 9.57. The van der Waals surface area contributed by atoms with E-state index in [2.05, 4.69) is 15.9 Å². The van der Waals surface area contributed by atoms with Gasteiger partial charge in [-0.05, 0) is 41.3 Å². The number of carbonyl (C=O) groups excluding carboxylic acids is 1. The predicted molar refractivity (Wildman–Crippen MR) is 86.8 cm³/mol. The van der Waals surface area contributed by atoms with E-state index in [9.17, 15) is 14.7 Å². The third-order valence-corrected chi connectivity index (χ3v) is 6.23. The molecule has 116 valence electrons. The maximum atomic E-state index is 12.3. The molecule has 2 unspecified atom stereocenters. The van der Waals surface area contributed by atoms with Crippen LogP contribution in [0.3, 0.4) is 0 Å². The van der Waals surface area contributed by atoms with Gasteiger partial charge in [0.2, 0.25) is 5.91 Å². The van der Waals surface area contributed by atoms with E-state index in [1.54, 1.807) is 4.90 Å². The topological polar surface area (TPSA) is 57.6 Å². The van der Waals surface area contributed by atoms with Gasteiger partial charge in [-0.15, -0.1) is 11.3 Å². The van der Waals surface area contributed by atoms with Gasteiger partial charge in [-0.3, -0.25) is 9.59 Å². The van der Waals surface area contributed by atoms with Crippen molar-refractivity contribution >= 4 is 50.7 Å². The van der Waals surface area contributed by atoms with Crippen LogP contribution in [0.25, 0.3) is 0 Å². The first-order valence-corrected chi connectivity index (χ1v) is 8.91. The van der Waals surface area contributed by atoms with Crippen molar-refractivity contribution in [3.8, 4) is 0 Å². The van der Waals surface area contributed by atoms with Gasteiger partial charge in [-0.25, -0.2) is 0 Å². The van der Waals surface area contributed by atoms with E-state index in [0.717, 1.165) is 15.8 Å². The van der Waals surface area contributed by atoms with Crippen LogP contribution in [0.15, 0.2) is 10.5 Å². The molecule has 2 rings (SSSR count). The monoisotopic (exact) mass is 393 g/mol. The van der Waals surface area contributed by atoms with Gasteiger partial charge in [-0.2, -0.15) is 0 Å². The molecule has 2 atom stereocenters. The Balaban J connectivity index is 2.47. The van der Waals surface area contributed by atoms with Crippen molar-refractivity contribution in [1.29, 1.82) is 0 Å². The van der Waals surface area contributed by atoms with Crippen molar-refractivity contribution in [3.63, 3.8) is 0 Å². The third-order valence-electron chi connectivity index (χ3n) is 3.68. The number of carboxylic acids is 1. The number of nitrogens with zero attached hydrogens (tertiary/aromatic N) is 1. The van der Waals surface area contributed by atoms with E-state index < -0.39 is 17.9 Å². The molecule has 2 heterocycles. The molecule has 0 bridgehead atoms. The van der Waals surface area contributed by atoms with Gasteiger partial charge in [-0.1, -0.05) is 18.5 Å². The SMILES string of the molecule is CCCN1C(=O)CCCC(C(=O)O)C1c1cc(Br)c(Cl)s1. The fourth-order valence-corrected chi connectivity index (χ4v) is 4.69. The molecule has 1 fully saturated rings. The number of halogens is 2. The summed E-state index contributed by atoms with van der Waals surface area (Å²) in [6.45, 7) is 2.56. The Bertz CT molecular complexity index is 529. The second-order valence-electron chi connectivity index (χ2n) is 5.14. The first kappa shape index (κ1) is 16.8. The van der Waals surface area contributed by atoms with E-state index in [4.69, 9.17) is 11.6 Å². The van der Waals surface area contributed by atoms with Crippen molar-refractivity contribution in [2.75, 3.05) is 6.54 Å². The lowest BCUT2D eigenvalue weighted by atomic mass is 9.93. The summed E-state index contributed by atoms with van der Waals surface area (Å²) in [6, 6.07) is 1.42. The molecule has 1 N–H and O–H groups in total. The second-order valence-corrected chi connectivity index (χ2v) is 7.68. The number of carboxylic acid groups (broad SMARTS) is 1. The summed E-state index contributed by atoms with van der Waals surface area (Å²) in [7, 11) is 0. The average molecular weight is 395 g/mol. The van der Waals surface area contributed by atoms with Crippen LogP contribution in [0.2, 0.25) is 4.34 Å². The van der Waals surface area contributed by atoms with Gasteiger partial charge in [0.15, 0.2) is 0 Å². The molecule has 1 saturated heterocycles. The Morgan fingerprint density at radius 2 is 2.33 bits per heavy atom. The number of rotatable bonds is 4. The zero-order valence-electron chi connectivity index (χ0n) is 11.6. The Morgan fingerprint density at radius 3 is 2.86 bits per heavy atom. The number of hydrogen-bond donors (Lipinski definition) is 1. The molecule has 0 aromatic carbocycles. The van der Waals surface area contributed by atoms with Crippen molar-refractivity contribution in [3.05, 3.63) is 19.8 Å². The lowest BCUT2D eigenvalue weighted by Gasteiger charge is -2.32. The van der Waals surface area contributed by atoms with Gasteiger partial charge in [0.25, 0.3) is 0 Å². The zero-order chi connectivity index (χ0) is 15.6. The maximum Gasteiger partial charge on any atom is 0.308 e. The average Bonchev–Trinajstić information content (AvgIpc) is 2.65. The molecule has 1 aromatic rings. The highest BCUT2D eigenvalue weighted by molar-refractivity contribution is 9.10. The number of aliphatic carboxylic acids is 1. The lowest BCUT2D eigenvalue weighted by Crippen LogP contribution is -2.39. The molecule has 1 aromatic heterocycles. The predicted octanol–water partition coefficient (Wildman–Crippen LogP) is 4.33. The molecule has 1 aliphatic rings. The molecule has 0 saturated carbocycles. The van der Waals surface area contributed by atoms with E-state index in [1.165, 1.54) is 11.3 Å². The standard InChI is InChI=1S/C14H17BrClNO3S/c1-2-6-17-11(18)5-3-4-8(14(19)20)12(17)10-7-9(15)13(16)21-10/h7-8,12H,2-6H2,1H3,(H,19,20). The van der Waals surface area contributed by atoms with Gasteiger partial charge in [0, 0.05) is 22.3 Å². The van der Waals surface area contributed by atoms with Crippen LogP contribution in [0.5, 0.6) is 0 Å². The van der Waals surface area contributed by atoms with Crippen LogP contribution >= 0.6 is 38.9 Å². The quantitative estimate of drug-likeness (QED) is 0.827. The molecule has 1 aliphatic heterocycles. The summed E-state index contributed by atoms with van der Waals surface area (Å²) in [6.07, 6.45) is 2.35. The number of thiophene rings is 1. The first-order chi connectivity index (χ1) is 9.95. The van der Waals surface area contributed by atoms with Crippen LogP contribution in [0, 0.1) is 5.92 Å². The van der Waals surface area contributed by atoms with Gasteiger partial charge in [0.1, 0.15) is 4.34 Å². The fourth-order valence-electron chi connectivity index (χ4n) is 2.77. The van der Waals surface area contributed by atoms with Crippen LogP contribution in [-0.2, 0) is 9.59 Å². The molecule has 4 nitrogen and oxygen atoms in total. The fraction of sp³-hybridized carbons (Fsp3) is 0.571. The maximum absolute atomic E-state index is 12.3. The summed E-state index contributed by atoms with van der Waals surface area (Å²) in [5.74, 6) is -1.40. The molecule has 0 radical (unpaired) electrons. The number of carbonyl (C=O) groups is 2. The summed E-state index contributed by atoms with van der Waals surface area (Å²) < 4.78 is 1.34. The highest BCUT2D eigenvalue weighted by atomic mass is 79.9. The molecule has 21 heavy (non-hydrogen) atoms. The minimum absolute atomic E-state index is 0.0336. The highest BCUT2D eigenvalue weighted by Gasteiger charge is 2.39. The second kappa shape index (κ2) is 7.11. The third kappa shape index (κ3) is 3.60. The highest BCUT2D eigenvalue weighted by Crippen LogP contribution is 2.43. The lowest BCUT2D eigenvalue weighted by molar-refractivity contribution is -0.146. The van der Waals surface area contributed by atoms with Crippen LogP contribution < -0.4 is 0 Å². The minimum atomic E-state index is -0.851. The summed E-state index contributed by atoms with van der Waals surface area (Å²) in [5.41, 5.74) is 0. The van der Waals surface area contributed by atoms with E-state index in [-0.39, 0.29) is 5.91 Å². The van der Waals surface area contributed by atoms with Gasteiger partial charge in [0.05, 0.1) is 12.0 Å². The van der Waals surface area contributed by atoms with E-state index in [1.807, 2.05) is 13.0 Å². The Hall–Kier alpha value is -0.590. The van der Waals surface area contributed by atoms with Crippen molar-refractivity contribution in [2.45, 2.75) is 38.6 Å². The normalized spacial score (nSPS) is 23.2. The van der Waals surface area contributed by atoms with Crippen molar-refractivity contribution in [2.24, 2.45) is 5.92 Å². The molecule has 0 aliphatic carbocycles. The summed E-state index contributed by atoms with van der Waals surface area (Å²) >= 11 is 10.8. The Kier molecular flexibility index (Phi) is 5.68. The van der Waals surface area contributed by atoms with Crippen LogP contribution in [0.4, 0.5) is 0 Å². The Morgan fingerprint density at radius 1 is 1.62 bits per heavy atom. The van der Waals surface area contributed by atoms with Gasteiger partial charge >= 0.3 is 5.97 Å². The minimum Gasteiger partial charge on any atom is -0.481 e.